The van der Waals surface area contributed by atoms with E-state index in [1.165, 1.54) is 24.3 Å². The molecule has 0 aliphatic rings. The first-order valence-corrected chi connectivity index (χ1v) is 8.97. The molecule has 8 nitrogen and oxygen atoms in total. The van der Waals surface area contributed by atoms with Crippen LogP contribution in [0.4, 0.5) is 5.69 Å². The number of nitro benzene ring substituents is 1. The maximum atomic E-state index is 12.5. The first kappa shape index (κ1) is 21.0. The second kappa shape index (κ2) is 10.1. The predicted octanol–water partition coefficient (Wildman–Crippen LogP) is 4.15. The molecule has 0 unspecified atom stereocenters. The average Bonchev–Trinajstić information content (AvgIpc) is 2.69. The standard InChI is InChI=1S/C20H23NO7/c1-4-25-17-11-15(12-18(26-5-2)19(17)27-6-3)20(22)28-13-14-8-7-9-16(10-14)21(23)24/h7-12H,4-6,13H2,1-3H3. The van der Waals surface area contributed by atoms with E-state index < -0.39 is 10.9 Å². The van der Waals surface area contributed by atoms with Gasteiger partial charge in [-0.05, 0) is 38.5 Å². The van der Waals surface area contributed by atoms with Crippen LogP contribution in [0.3, 0.4) is 0 Å². The van der Waals surface area contributed by atoms with Gasteiger partial charge in [-0.3, -0.25) is 10.1 Å². The third kappa shape index (κ3) is 5.35. The molecule has 0 amide bonds. The van der Waals surface area contributed by atoms with E-state index in [4.69, 9.17) is 18.9 Å². The Kier molecular flexibility index (Phi) is 7.62. The van der Waals surface area contributed by atoms with Crippen molar-refractivity contribution in [2.24, 2.45) is 0 Å². The van der Waals surface area contributed by atoms with Crippen molar-refractivity contribution in [1.29, 1.82) is 0 Å². The van der Waals surface area contributed by atoms with E-state index in [1.54, 1.807) is 12.1 Å². The summed E-state index contributed by atoms with van der Waals surface area (Å²) in [6.07, 6.45) is 0. The van der Waals surface area contributed by atoms with E-state index in [2.05, 4.69) is 0 Å². The predicted molar refractivity (Wildman–Crippen MR) is 102 cm³/mol. The van der Waals surface area contributed by atoms with E-state index in [-0.39, 0.29) is 17.9 Å². The fourth-order valence-electron chi connectivity index (χ4n) is 2.50. The number of carbonyl (C=O) groups excluding carboxylic acids is 1. The lowest BCUT2D eigenvalue weighted by Crippen LogP contribution is -2.09. The highest BCUT2D eigenvalue weighted by atomic mass is 16.6. The van der Waals surface area contributed by atoms with Gasteiger partial charge in [0.05, 0.1) is 30.3 Å². The minimum absolute atomic E-state index is 0.0631. The Morgan fingerprint density at radius 3 is 2.11 bits per heavy atom. The van der Waals surface area contributed by atoms with Gasteiger partial charge in [0, 0.05) is 12.1 Å². The Balaban J connectivity index is 2.24. The Morgan fingerprint density at radius 1 is 0.964 bits per heavy atom. The Hall–Kier alpha value is -3.29. The van der Waals surface area contributed by atoms with E-state index in [1.807, 2.05) is 20.8 Å². The molecule has 0 aliphatic carbocycles. The number of nitrogens with zero attached hydrogens (tertiary/aromatic N) is 1. The van der Waals surface area contributed by atoms with Crippen LogP contribution < -0.4 is 14.2 Å². The molecule has 0 radical (unpaired) electrons. The van der Waals surface area contributed by atoms with Crippen LogP contribution >= 0.6 is 0 Å². The van der Waals surface area contributed by atoms with Gasteiger partial charge in [0.15, 0.2) is 11.5 Å². The van der Waals surface area contributed by atoms with Gasteiger partial charge in [0.1, 0.15) is 6.61 Å². The molecular formula is C20H23NO7. The first-order valence-electron chi connectivity index (χ1n) is 8.97. The van der Waals surface area contributed by atoms with Crippen molar-refractivity contribution in [3.05, 3.63) is 57.6 Å². The van der Waals surface area contributed by atoms with Gasteiger partial charge in [0.2, 0.25) is 5.75 Å². The molecule has 0 saturated carbocycles. The summed E-state index contributed by atoms with van der Waals surface area (Å²) in [5.74, 6) is 0.605. The van der Waals surface area contributed by atoms with Crippen molar-refractivity contribution >= 4 is 11.7 Å². The summed E-state index contributed by atoms with van der Waals surface area (Å²) in [7, 11) is 0. The van der Waals surface area contributed by atoms with Crippen LogP contribution in [0.5, 0.6) is 17.2 Å². The summed E-state index contributed by atoms with van der Waals surface area (Å²) in [6, 6.07) is 9.00. The number of rotatable bonds is 10. The third-order valence-corrected chi connectivity index (χ3v) is 3.64. The zero-order valence-electron chi connectivity index (χ0n) is 16.1. The summed E-state index contributed by atoms with van der Waals surface area (Å²) in [4.78, 5) is 22.9. The van der Waals surface area contributed by atoms with Crippen LogP contribution in [-0.4, -0.2) is 30.7 Å². The molecule has 0 spiro atoms. The molecular weight excluding hydrogens is 366 g/mol. The van der Waals surface area contributed by atoms with Crippen LogP contribution in [0, 0.1) is 10.1 Å². The molecule has 8 heteroatoms. The molecule has 2 aromatic carbocycles. The molecule has 0 saturated heterocycles. The molecule has 0 bridgehead atoms. The van der Waals surface area contributed by atoms with Crippen LogP contribution in [0.15, 0.2) is 36.4 Å². The molecule has 0 atom stereocenters. The Labute approximate surface area is 163 Å². The second-order valence-electron chi connectivity index (χ2n) is 5.60. The van der Waals surface area contributed by atoms with Crippen LogP contribution in [-0.2, 0) is 11.3 Å². The smallest absolute Gasteiger partial charge is 0.338 e. The highest BCUT2D eigenvalue weighted by molar-refractivity contribution is 5.91. The molecule has 0 fully saturated rings. The van der Waals surface area contributed by atoms with Crippen molar-refractivity contribution in [2.45, 2.75) is 27.4 Å². The Bertz CT molecular complexity index is 808. The van der Waals surface area contributed by atoms with Crippen molar-refractivity contribution in [2.75, 3.05) is 19.8 Å². The number of ether oxygens (including phenoxy) is 4. The highest BCUT2D eigenvalue weighted by Crippen LogP contribution is 2.39. The van der Waals surface area contributed by atoms with Crippen molar-refractivity contribution in [3.8, 4) is 17.2 Å². The van der Waals surface area contributed by atoms with E-state index in [9.17, 15) is 14.9 Å². The second-order valence-corrected chi connectivity index (χ2v) is 5.60. The van der Waals surface area contributed by atoms with Gasteiger partial charge in [-0.2, -0.15) is 0 Å². The number of non-ortho nitro benzene ring substituents is 1. The molecule has 0 N–H and O–H groups in total. The van der Waals surface area contributed by atoms with E-state index >= 15 is 0 Å². The quantitative estimate of drug-likeness (QED) is 0.342. The molecule has 2 aromatic rings. The van der Waals surface area contributed by atoms with Crippen molar-refractivity contribution in [3.63, 3.8) is 0 Å². The van der Waals surface area contributed by atoms with Gasteiger partial charge in [-0.1, -0.05) is 12.1 Å². The zero-order chi connectivity index (χ0) is 20.5. The van der Waals surface area contributed by atoms with Gasteiger partial charge in [-0.25, -0.2) is 4.79 Å². The first-order chi connectivity index (χ1) is 13.5. The fourth-order valence-corrected chi connectivity index (χ4v) is 2.50. The Morgan fingerprint density at radius 2 is 1.57 bits per heavy atom. The summed E-state index contributed by atoms with van der Waals surface area (Å²) >= 11 is 0. The maximum Gasteiger partial charge on any atom is 0.338 e. The van der Waals surface area contributed by atoms with Crippen molar-refractivity contribution < 1.29 is 28.7 Å². The molecule has 0 aliphatic heterocycles. The molecule has 0 aromatic heterocycles. The van der Waals surface area contributed by atoms with Gasteiger partial charge >= 0.3 is 5.97 Å². The minimum Gasteiger partial charge on any atom is -0.490 e. The number of esters is 1. The number of carbonyl (C=O) groups is 1. The van der Waals surface area contributed by atoms with Crippen LogP contribution in [0.1, 0.15) is 36.7 Å². The lowest BCUT2D eigenvalue weighted by molar-refractivity contribution is -0.384. The SMILES string of the molecule is CCOc1cc(C(=O)OCc2cccc([N+](=O)[O-])c2)cc(OCC)c1OCC. The monoisotopic (exact) mass is 389 g/mol. The summed E-state index contributed by atoms with van der Waals surface area (Å²) < 4.78 is 22.1. The third-order valence-electron chi connectivity index (χ3n) is 3.64. The fraction of sp³-hybridized carbons (Fsp3) is 0.350. The molecule has 0 heterocycles. The van der Waals surface area contributed by atoms with Gasteiger partial charge in [0.25, 0.3) is 5.69 Å². The molecule has 150 valence electrons. The topological polar surface area (TPSA) is 97.1 Å². The van der Waals surface area contributed by atoms with Crippen LogP contribution in [0.25, 0.3) is 0 Å². The largest absolute Gasteiger partial charge is 0.490 e. The number of benzene rings is 2. The van der Waals surface area contributed by atoms with Crippen molar-refractivity contribution in [1.82, 2.24) is 0 Å². The highest BCUT2D eigenvalue weighted by Gasteiger charge is 2.19. The zero-order valence-corrected chi connectivity index (χ0v) is 16.1. The van der Waals surface area contributed by atoms with E-state index in [0.29, 0.717) is 42.6 Å². The average molecular weight is 389 g/mol. The van der Waals surface area contributed by atoms with Gasteiger partial charge < -0.3 is 18.9 Å². The minimum atomic E-state index is -0.600. The van der Waals surface area contributed by atoms with Gasteiger partial charge in [-0.15, -0.1) is 0 Å². The normalized spacial score (nSPS) is 10.2. The summed E-state index contributed by atoms with van der Waals surface area (Å²) in [6.45, 7) is 6.58. The van der Waals surface area contributed by atoms with E-state index in [0.717, 1.165) is 0 Å². The lowest BCUT2D eigenvalue weighted by atomic mass is 10.1. The number of hydrogen-bond acceptors (Lipinski definition) is 7. The maximum absolute atomic E-state index is 12.5. The van der Waals surface area contributed by atoms with Crippen LogP contribution in [0.2, 0.25) is 0 Å². The number of hydrogen-bond donors (Lipinski definition) is 0. The molecule has 2 rings (SSSR count). The number of nitro groups is 1. The summed E-state index contributed by atoms with van der Waals surface area (Å²) in [5.41, 5.74) is 0.691. The molecule has 28 heavy (non-hydrogen) atoms. The lowest BCUT2D eigenvalue weighted by Gasteiger charge is -2.16. The summed E-state index contributed by atoms with van der Waals surface area (Å²) in [5, 5.41) is 10.9.